The van der Waals surface area contributed by atoms with Crippen LogP contribution in [0.4, 0.5) is 5.69 Å². The van der Waals surface area contributed by atoms with Crippen molar-refractivity contribution >= 4 is 27.3 Å². The topological polar surface area (TPSA) is 72.2 Å². The van der Waals surface area contributed by atoms with Gasteiger partial charge in [-0.3, -0.25) is 4.72 Å². The first-order valence-electron chi connectivity index (χ1n) is 4.43. The minimum absolute atomic E-state index is 0.0862. The van der Waals surface area contributed by atoms with E-state index in [1.54, 1.807) is 31.2 Å². The van der Waals surface area contributed by atoms with Crippen LogP contribution < -0.4 is 10.5 Å². The Labute approximate surface area is 94.5 Å². The van der Waals surface area contributed by atoms with E-state index in [4.69, 9.17) is 17.3 Å². The van der Waals surface area contributed by atoms with Crippen molar-refractivity contribution in [2.24, 2.45) is 5.73 Å². The van der Waals surface area contributed by atoms with E-state index in [1.165, 1.54) is 0 Å². The fourth-order valence-corrected chi connectivity index (χ4v) is 1.95. The van der Waals surface area contributed by atoms with E-state index >= 15 is 0 Å². The summed E-state index contributed by atoms with van der Waals surface area (Å²) < 4.78 is 25.6. The summed E-state index contributed by atoms with van der Waals surface area (Å²) in [5.74, 6) is 0. The average molecular weight is 249 g/mol. The zero-order valence-electron chi connectivity index (χ0n) is 8.27. The van der Waals surface area contributed by atoms with Crippen LogP contribution in [0.15, 0.2) is 24.3 Å². The summed E-state index contributed by atoms with van der Waals surface area (Å²) in [6.45, 7) is 1.64. The van der Waals surface area contributed by atoms with Crippen LogP contribution >= 0.6 is 11.6 Å². The number of benzene rings is 1. The number of sulfonamides is 1. The van der Waals surface area contributed by atoms with Gasteiger partial charge in [-0.05, 0) is 31.2 Å². The van der Waals surface area contributed by atoms with Gasteiger partial charge in [0.05, 0.1) is 5.25 Å². The number of nitrogens with two attached hydrogens (primary N) is 1. The summed E-state index contributed by atoms with van der Waals surface area (Å²) in [7, 11) is -3.39. The Morgan fingerprint density at radius 2 is 1.93 bits per heavy atom. The lowest BCUT2D eigenvalue weighted by atomic mass is 10.3. The molecule has 0 aliphatic carbocycles. The Kier molecular flexibility index (Phi) is 3.96. The molecule has 4 nitrogen and oxygen atoms in total. The number of anilines is 1. The molecule has 0 aliphatic rings. The molecule has 3 N–H and O–H groups in total. The number of hydrogen-bond acceptors (Lipinski definition) is 3. The molecule has 0 saturated carbocycles. The predicted octanol–water partition coefficient (Wildman–Crippen LogP) is 1.43. The van der Waals surface area contributed by atoms with Crippen LogP contribution in [0, 0.1) is 0 Å². The number of nitrogens with one attached hydrogen (secondary N) is 1. The Morgan fingerprint density at radius 3 is 2.40 bits per heavy atom. The maximum Gasteiger partial charge on any atom is 0.236 e. The van der Waals surface area contributed by atoms with Gasteiger partial charge < -0.3 is 5.73 Å². The highest BCUT2D eigenvalue weighted by molar-refractivity contribution is 7.93. The van der Waals surface area contributed by atoms with Crippen LogP contribution in [0.5, 0.6) is 0 Å². The Bertz CT molecular complexity index is 416. The second kappa shape index (κ2) is 4.83. The second-order valence-electron chi connectivity index (χ2n) is 3.20. The second-order valence-corrected chi connectivity index (χ2v) is 5.74. The lowest BCUT2D eigenvalue weighted by Gasteiger charge is -2.12. The highest BCUT2D eigenvalue weighted by atomic mass is 35.5. The van der Waals surface area contributed by atoms with Crippen molar-refractivity contribution in [2.45, 2.75) is 12.2 Å². The third kappa shape index (κ3) is 3.37. The zero-order chi connectivity index (χ0) is 11.5. The van der Waals surface area contributed by atoms with Crippen molar-refractivity contribution in [1.29, 1.82) is 0 Å². The first kappa shape index (κ1) is 12.3. The Balaban J connectivity index is 2.82. The molecule has 84 valence electrons. The molecule has 0 aliphatic heterocycles. The molecular weight excluding hydrogens is 236 g/mol. The molecule has 0 radical (unpaired) electrons. The van der Waals surface area contributed by atoms with Gasteiger partial charge >= 0.3 is 0 Å². The van der Waals surface area contributed by atoms with Crippen LogP contribution in [-0.2, 0) is 10.0 Å². The molecule has 0 amide bonds. The van der Waals surface area contributed by atoms with Crippen LogP contribution in [0.3, 0.4) is 0 Å². The van der Waals surface area contributed by atoms with Gasteiger partial charge in [-0.25, -0.2) is 8.42 Å². The normalized spacial score (nSPS) is 13.5. The number of hydrogen-bond donors (Lipinski definition) is 2. The standard InChI is InChI=1S/C9H13ClN2O2S/c1-7(6-11)15(13,14)12-9-4-2-8(10)3-5-9/h2-5,7,12H,6,11H2,1H3. The van der Waals surface area contributed by atoms with Gasteiger partial charge in [-0.1, -0.05) is 11.6 Å². The molecule has 0 saturated heterocycles. The molecule has 15 heavy (non-hydrogen) atoms. The van der Waals surface area contributed by atoms with Crippen LogP contribution in [-0.4, -0.2) is 20.2 Å². The van der Waals surface area contributed by atoms with Crippen molar-refractivity contribution in [3.05, 3.63) is 29.3 Å². The van der Waals surface area contributed by atoms with E-state index in [0.29, 0.717) is 10.7 Å². The highest BCUT2D eigenvalue weighted by Crippen LogP contribution is 2.15. The Hall–Kier alpha value is -0.780. The smallest absolute Gasteiger partial charge is 0.236 e. The zero-order valence-corrected chi connectivity index (χ0v) is 9.85. The Morgan fingerprint density at radius 1 is 1.40 bits per heavy atom. The summed E-state index contributed by atoms with van der Waals surface area (Å²) in [6.07, 6.45) is 0. The highest BCUT2D eigenvalue weighted by Gasteiger charge is 2.18. The maximum absolute atomic E-state index is 11.6. The SMILES string of the molecule is CC(CN)S(=O)(=O)Nc1ccc(Cl)cc1. The number of rotatable bonds is 4. The molecule has 1 aromatic carbocycles. The van der Waals surface area contributed by atoms with Crippen LogP contribution in [0.2, 0.25) is 5.02 Å². The molecule has 1 unspecified atom stereocenters. The third-order valence-electron chi connectivity index (χ3n) is 1.97. The van der Waals surface area contributed by atoms with Gasteiger partial charge in [0.1, 0.15) is 0 Å². The first-order chi connectivity index (χ1) is 6.95. The summed E-state index contributed by atoms with van der Waals surface area (Å²) >= 11 is 5.68. The predicted molar refractivity (Wildman–Crippen MR) is 62.5 cm³/mol. The molecular formula is C9H13ClN2O2S. The van der Waals surface area contributed by atoms with Gasteiger partial charge in [-0.15, -0.1) is 0 Å². The molecule has 6 heteroatoms. The van der Waals surface area contributed by atoms with Crippen molar-refractivity contribution in [3.8, 4) is 0 Å². The molecule has 1 atom stereocenters. The molecule has 0 fully saturated rings. The van der Waals surface area contributed by atoms with Crippen molar-refractivity contribution in [1.82, 2.24) is 0 Å². The third-order valence-corrected chi connectivity index (χ3v) is 3.99. The van der Waals surface area contributed by atoms with Crippen LogP contribution in [0.1, 0.15) is 6.92 Å². The summed E-state index contributed by atoms with van der Waals surface area (Å²) in [5, 5.41) is -0.0574. The molecule has 0 heterocycles. The fourth-order valence-electron chi connectivity index (χ4n) is 0.909. The van der Waals surface area contributed by atoms with Gasteiger partial charge in [0.2, 0.25) is 10.0 Å². The summed E-state index contributed by atoms with van der Waals surface area (Å²) in [6, 6.07) is 6.44. The van der Waals surface area contributed by atoms with E-state index < -0.39 is 15.3 Å². The summed E-state index contributed by atoms with van der Waals surface area (Å²) in [4.78, 5) is 0. The quantitative estimate of drug-likeness (QED) is 0.847. The minimum atomic E-state index is -3.39. The molecule has 1 rings (SSSR count). The molecule has 0 bridgehead atoms. The monoisotopic (exact) mass is 248 g/mol. The number of halogens is 1. The fraction of sp³-hybridized carbons (Fsp3) is 0.333. The summed E-state index contributed by atoms with van der Waals surface area (Å²) in [5.41, 5.74) is 5.78. The van der Waals surface area contributed by atoms with Crippen molar-refractivity contribution < 1.29 is 8.42 Å². The lowest BCUT2D eigenvalue weighted by Crippen LogP contribution is -2.31. The molecule has 0 spiro atoms. The van der Waals surface area contributed by atoms with Crippen LogP contribution in [0.25, 0.3) is 0 Å². The van der Waals surface area contributed by atoms with E-state index in [-0.39, 0.29) is 6.54 Å². The minimum Gasteiger partial charge on any atom is -0.329 e. The van der Waals surface area contributed by atoms with E-state index in [1.807, 2.05) is 0 Å². The largest absolute Gasteiger partial charge is 0.329 e. The van der Waals surface area contributed by atoms with Gasteiger partial charge in [0, 0.05) is 17.3 Å². The molecule has 0 aromatic heterocycles. The average Bonchev–Trinajstić information content (AvgIpc) is 2.20. The van der Waals surface area contributed by atoms with Gasteiger partial charge in [0.25, 0.3) is 0 Å². The first-order valence-corrected chi connectivity index (χ1v) is 6.35. The lowest BCUT2D eigenvalue weighted by molar-refractivity contribution is 0.589. The maximum atomic E-state index is 11.6. The van der Waals surface area contributed by atoms with E-state index in [2.05, 4.69) is 4.72 Å². The van der Waals surface area contributed by atoms with E-state index in [9.17, 15) is 8.42 Å². The van der Waals surface area contributed by atoms with Gasteiger partial charge in [-0.2, -0.15) is 0 Å². The van der Waals surface area contributed by atoms with Crippen molar-refractivity contribution in [3.63, 3.8) is 0 Å². The molecule has 1 aromatic rings. The van der Waals surface area contributed by atoms with E-state index in [0.717, 1.165) is 0 Å². The van der Waals surface area contributed by atoms with Gasteiger partial charge in [0.15, 0.2) is 0 Å². The van der Waals surface area contributed by atoms with Crippen molar-refractivity contribution in [2.75, 3.05) is 11.3 Å².